The monoisotopic (exact) mass is 291 g/mol. The van der Waals surface area contributed by atoms with Gasteiger partial charge in [0.15, 0.2) is 0 Å². The molecule has 1 saturated heterocycles. The first-order chi connectivity index (χ1) is 9.54. The maximum atomic E-state index is 12.1. The average Bonchev–Trinajstić information content (AvgIpc) is 2.66. The molecule has 0 unspecified atom stereocenters. The highest BCUT2D eigenvalue weighted by Crippen LogP contribution is 2.33. The molecule has 0 atom stereocenters. The van der Waals surface area contributed by atoms with E-state index >= 15 is 0 Å². The second-order valence-corrected chi connectivity index (χ2v) is 5.41. The number of rotatable bonds is 2. The van der Waals surface area contributed by atoms with E-state index < -0.39 is 0 Å². The fourth-order valence-electron chi connectivity index (χ4n) is 2.24. The summed E-state index contributed by atoms with van der Waals surface area (Å²) >= 11 is 6.14. The Hall–Kier alpha value is -1.85. The van der Waals surface area contributed by atoms with Gasteiger partial charge in [0.1, 0.15) is 0 Å². The molecule has 1 fully saturated rings. The zero-order valence-electron chi connectivity index (χ0n) is 11.0. The smallest absolute Gasteiger partial charge is 0.251 e. The summed E-state index contributed by atoms with van der Waals surface area (Å²) in [5.74, 6) is -0.209. The Balaban J connectivity index is 1.83. The second kappa shape index (κ2) is 4.92. The first-order valence-electron chi connectivity index (χ1n) is 6.37. The lowest BCUT2D eigenvalue weighted by Gasteiger charge is -2.21. The molecule has 104 valence electrons. The van der Waals surface area contributed by atoms with E-state index in [-0.39, 0.29) is 11.8 Å². The van der Waals surface area contributed by atoms with Crippen molar-refractivity contribution in [3.63, 3.8) is 0 Å². The van der Waals surface area contributed by atoms with Crippen molar-refractivity contribution < 1.29 is 9.59 Å². The molecule has 2 amide bonds. The largest absolute Gasteiger partial charge is 0.325 e. The Labute approximate surface area is 121 Å². The van der Waals surface area contributed by atoms with Gasteiger partial charge in [0.25, 0.3) is 5.91 Å². The van der Waals surface area contributed by atoms with Crippen LogP contribution in [0, 0.1) is 0 Å². The summed E-state index contributed by atoms with van der Waals surface area (Å²) < 4.78 is 0. The predicted molar refractivity (Wildman–Crippen MR) is 78.0 cm³/mol. The van der Waals surface area contributed by atoms with Crippen molar-refractivity contribution >= 4 is 34.8 Å². The molecule has 0 aromatic heterocycles. The van der Waals surface area contributed by atoms with Gasteiger partial charge in [0, 0.05) is 24.4 Å². The van der Waals surface area contributed by atoms with Crippen molar-refractivity contribution in [2.45, 2.75) is 13.3 Å². The summed E-state index contributed by atoms with van der Waals surface area (Å²) in [6.45, 7) is 3.32. The number of carbonyl (C=O) groups excluding carboxylic acids is 2. The van der Waals surface area contributed by atoms with Gasteiger partial charge in [0.2, 0.25) is 5.91 Å². The molecule has 2 heterocycles. The topological polar surface area (TPSA) is 70.2 Å². The van der Waals surface area contributed by atoms with Gasteiger partial charge in [-0.25, -0.2) is 0 Å². The van der Waals surface area contributed by atoms with Gasteiger partial charge >= 0.3 is 0 Å². The SMILES string of the molecule is CC(C(=O)Nc1cc2c(cc1Cl)NC(=O)C2)=C1CNC1. The summed E-state index contributed by atoms with van der Waals surface area (Å²) in [4.78, 5) is 23.5. The molecular weight excluding hydrogens is 278 g/mol. The molecule has 0 spiro atoms. The molecular formula is C14H14ClN3O2. The molecule has 20 heavy (non-hydrogen) atoms. The number of halogens is 1. The molecule has 3 rings (SSSR count). The van der Waals surface area contributed by atoms with Crippen molar-refractivity contribution in [3.05, 3.63) is 33.9 Å². The molecule has 1 aromatic rings. The van der Waals surface area contributed by atoms with E-state index in [4.69, 9.17) is 11.6 Å². The lowest BCUT2D eigenvalue weighted by atomic mass is 10.0. The summed E-state index contributed by atoms with van der Waals surface area (Å²) in [7, 11) is 0. The molecule has 2 aliphatic heterocycles. The summed E-state index contributed by atoms with van der Waals surface area (Å²) in [6.07, 6.45) is 0.319. The Morgan fingerprint density at radius 1 is 1.35 bits per heavy atom. The summed E-state index contributed by atoms with van der Waals surface area (Å²) in [5, 5.41) is 9.05. The van der Waals surface area contributed by atoms with Gasteiger partial charge in [0.05, 0.1) is 17.1 Å². The average molecular weight is 292 g/mol. The highest BCUT2D eigenvalue weighted by Gasteiger charge is 2.21. The highest BCUT2D eigenvalue weighted by atomic mass is 35.5. The molecule has 1 aromatic carbocycles. The van der Waals surface area contributed by atoms with Gasteiger partial charge in [-0.15, -0.1) is 0 Å². The van der Waals surface area contributed by atoms with Crippen LogP contribution in [0.25, 0.3) is 0 Å². The maximum absolute atomic E-state index is 12.1. The molecule has 0 radical (unpaired) electrons. The van der Waals surface area contributed by atoms with Crippen molar-refractivity contribution in [2.75, 3.05) is 23.7 Å². The maximum Gasteiger partial charge on any atom is 0.251 e. The molecule has 0 aliphatic carbocycles. The van der Waals surface area contributed by atoms with Gasteiger partial charge < -0.3 is 16.0 Å². The number of carbonyl (C=O) groups is 2. The Bertz CT molecular complexity index is 646. The fourth-order valence-corrected chi connectivity index (χ4v) is 2.45. The number of amides is 2. The predicted octanol–water partition coefficient (Wildman–Crippen LogP) is 1.69. The Morgan fingerprint density at radius 3 is 2.75 bits per heavy atom. The number of anilines is 2. The van der Waals surface area contributed by atoms with Crippen molar-refractivity contribution in [3.8, 4) is 0 Å². The first-order valence-corrected chi connectivity index (χ1v) is 6.75. The normalized spacial score (nSPS) is 16.3. The minimum absolute atomic E-state index is 0.0571. The zero-order chi connectivity index (χ0) is 14.3. The van der Waals surface area contributed by atoms with Crippen LogP contribution in [0.15, 0.2) is 23.3 Å². The van der Waals surface area contributed by atoms with Gasteiger partial charge in [-0.3, -0.25) is 9.59 Å². The van der Waals surface area contributed by atoms with Crippen LogP contribution in [0.2, 0.25) is 5.02 Å². The van der Waals surface area contributed by atoms with Crippen LogP contribution < -0.4 is 16.0 Å². The van der Waals surface area contributed by atoms with Crippen LogP contribution in [0.3, 0.4) is 0 Å². The van der Waals surface area contributed by atoms with E-state index in [1.54, 1.807) is 19.1 Å². The quantitative estimate of drug-likeness (QED) is 0.726. The third-order valence-corrected chi connectivity index (χ3v) is 3.93. The minimum Gasteiger partial charge on any atom is -0.325 e. The number of benzene rings is 1. The molecule has 0 saturated carbocycles. The number of nitrogens with one attached hydrogen (secondary N) is 3. The van der Waals surface area contributed by atoms with Crippen molar-refractivity contribution in [1.29, 1.82) is 0 Å². The molecule has 3 N–H and O–H groups in total. The van der Waals surface area contributed by atoms with Crippen molar-refractivity contribution in [1.82, 2.24) is 5.32 Å². The number of hydrogen-bond donors (Lipinski definition) is 3. The Morgan fingerprint density at radius 2 is 2.10 bits per heavy atom. The molecule has 0 bridgehead atoms. The van der Waals surface area contributed by atoms with Gasteiger partial charge in [-0.05, 0) is 30.2 Å². The number of hydrogen-bond acceptors (Lipinski definition) is 3. The lowest BCUT2D eigenvalue weighted by molar-refractivity contribution is -0.115. The van der Waals surface area contributed by atoms with Crippen LogP contribution in [0.1, 0.15) is 12.5 Å². The standard InChI is InChI=1S/C14H14ClN3O2/c1-7(9-5-16-6-9)14(20)18-12-2-8-3-13(19)17-11(8)4-10(12)15/h2,4,16H,3,5-6H2,1H3,(H,17,19)(H,18,20). The number of fused-ring (bicyclic) bond motifs is 1. The third-order valence-electron chi connectivity index (χ3n) is 3.61. The van der Waals surface area contributed by atoms with Gasteiger partial charge in [-0.1, -0.05) is 11.6 Å². The minimum atomic E-state index is -0.152. The van der Waals surface area contributed by atoms with Crippen LogP contribution in [-0.2, 0) is 16.0 Å². The zero-order valence-corrected chi connectivity index (χ0v) is 11.7. The lowest BCUT2D eigenvalue weighted by Crippen LogP contribution is -2.36. The Kier molecular flexibility index (Phi) is 3.23. The second-order valence-electron chi connectivity index (χ2n) is 5.00. The van der Waals surface area contributed by atoms with E-state index in [0.717, 1.165) is 35.5 Å². The van der Waals surface area contributed by atoms with Gasteiger partial charge in [-0.2, -0.15) is 0 Å². The highest BCUT2D eigenvalue weighted by molar-refractivity contribution is 6.34. The van der Waals surface area contributed by atoms with E-state index in [1.165, 1.54) is 0 Å². The van der Waals surface area contributed by atoms with E-state index in [1.807, 2.05) is 0 Å². The summed E-state index contributed by atoms with van der Waals surface area (Å²) in [6, 6.07) is 3.43. The van der Waals surface area contributed by atoms with E-state index in [9.17, 15) is 9.59 Å². The molecule has 2 aliphatic rings. The van der Waals surface area contributed by atoms with Crippen LogP contribution >= 0.6 is 11.6 Å². The van der Waals surface area contributed by atoms with Crippen LogP contribution in [-0.4, -0.2) is 24.9 Å². The molecule has 6 heteroatoms. The van der Waals surface area contributed by atoms with Crippen molar-refractivity contribution in [2.24, 2.45) is 0 Å². The third kappa shape index (κ3) is 2.30. The van der Waals surface area contributed by atoms with Crippen LogP contribution in [0.4, 0.5) is 11.4 Å². The summed E-state index contributed by atoms with van der Waals surface area (Å²) in [5.41, 5.74) is 3.94. The first kappa shape index (κ1) is 13.1. The van der Waals surface area contributed by atoms with E-state index in [0.29, 0.717) is 17.1 Å². The van der Waals surface area contributed by atoms with E-state index in [2.05, 4.69) is 16.0 Å². The van der Waals surface area contributed by atoms with Crippen LogP contribution in [0.5, 0.6) is 0 Å². The molecule has 5 nitrogen and oxygen atoms in total. The fraction of sp³-hybridized carbons (Fsp3) is 0.286.